The fourth-order valence-corrected chi connectivity index (χ4v) is 3.92. The summed E-state index contributed by atoms with van der Waals surface area (Å²) in [5.74, 6) is 0.963. The van der Waals surface area contributed by atoms with Gasteiger partial charge in [0.2, 0.25) is 0 Å². The second kappa shape index (κ2) is 6.32. The van der Waals surface area contributed by atoms with Gasteiger partial charge in [-0.15, -0.1) is 0 Å². The first-order chi connectivity index (χ1) is 10.2. The lowest BCUT2D eigenvalue weighted by Gasteiger charge is -2.35. The Hall–Kier alpha value is -1.13. The molecule has 0 unspecified atom stereocenters. The fraction of sp³-hybridized carbons (Fsp3) is 0.647. The summed E-state index contributed by atoms with van der Waals surface area (Å²) in [7, 11) is 1.62. The number of methoxy groups -OCH3 is 1. The standard InChI is InChI=1S/C17H25FN2O/c1-21-17-10-13(18)4-7-16(17)12-2-5-15(6-3-12)20-9-8-14(19)11-20/h4,7,10,12,14-15H,2-3,5-6,8-9,11,19H2,1H3/t12?,14-,15?/m1/s1. The van der Waals surface area contributed by atoms with Crippen molar-refractivity contribution in [2.24, 2.45) is 5.73 Å². The van der Waals surface area contributed by atoms with E-state index in [4.69, 9.17) is 10.5 Å². The zero-order valence-electron chi connectivity index (χ0n) is 12.7. The highest BCUT2D eigenvalue weighted by Crippen LogP contribution is 2.39. The van der Waals surface area contributed by atoms with Crippen molar-refractivity contribution < 1.29 is 9.13 Å². The van der Waals surface area contributed by atoms with E-state index >= 15 is 0 Å². The molecule has 1 heterocycles. The third-order valence-electron chi connectivity index (χ3n) is 5.10. The molecule has 3 rings (SSSR count). The van der Waals surface area contributed by atoms with Gasteiger partial charge in [-0.2, -0.15) is 0 Å². The van der Waals surface area contributed by atoms with Gasteiger partial charge in [-0.1, -0.05) is 6.07 Å². The molecule has 116 valence electrons. The maximum absolute atomic E-state index is 13.3. The highest BCUT2D eigenvalue weighted by molar-refractivity contribution is 5.37. The van der Waals surface area contributed by atoms with Gasteiger partial charge in [0.25, 0.3) is 0 Å². The molecular weight excluding hydrogens is 267 g/mol. The predicted molar refractivity (Wildman–Crippen MR) is 82.1 cm³/mol. The van der Waals surface area contributed by atoms with E-state index < -0.39 is 0 Å². The van der Waals surface area contributed by atoms with Gasteiger partial charge < -0.3 is 10.5 Å². The molecule has 0 aromatic heterocycles. The number of hydrogen-bond donors (Lipinski definition) is 1. The van der Waals surface area contributed by atoms with Crippen LogP contribution in [0.2, 0.25) is 0 Å². The molecule has 2 aliphatic rings. The van der Waals surface area contributed by atoms with Gasteiger partial charge >= 0.3 is 0 Å². The van der Waals surface area contributed by atoms with Crippen LogP contribution in [-0.4, -0.2) is 37.2 Å². The molecule has 0 radical (unpaired) electrons. The number of nitrogens with zero attached hydrogens (tertiary/aromatic N) is 1. The summed E-state index contributed by atoms with van der Waals surface area (Å²) in [5.41, 5.74) is 7.17. The van der Waals surface area contributed by atoms with Crippen molar-refractivity contribution in [3.05, 3.63) is 29.6 Å². The first-order valence-corrected chi connectivity index (χ1v) is 8.00. The molecular formula is C17H25FN2O. The zero-order chi connectivity index (χ0) is 14.8. The monoisotopic (exact) mass is 292 g/mol. The van der Waals surface area contributed by atoms with Gasteiger partial charge in [0.15, 0.2) is 0 Å². The molecule has 3 nitrogen and oxygen atoms in total. The third kappa shape index (κ3) is 3.22. The van der Waals surface area contributed by atoms with Crippen LogP contribution >= 0.6 is 0 Å². The Kier molecular flexibility index (Phi) is 4.45. The zero-order valence-corrected chi connectivity index (χ0v) is 12.7. The van der Waals surface area contributed by atoms with Crippen LogP contribution in [0.4, 0.5) is 4.39 Å². The highest BCUT2D eigenvalue weighted by Gasteiger charge is 2.31. The van der Waals surface area contributed by atoms with E-state index in [1.165, 1.54) is 18.9 Å². The lowest BCUT2D eigenvalue weighted by atomic mass is 9.81. The van der Waals surface area contributed by atoms with Crippen molar-refractivity contribution in [2.75, 3.05) is 20.2 Å². The van der Waals surface area contributed by atoms with Crippen LogP contribution in [0.5, 0.6) is 5.75 Å². The number of halogens is 1. The Balaban J connectivity index is 1.63. The van der Waals surface area contributed by atoms with Crippen molar-refractivity contribution >= 4 is 0 Å². The van der Waals surface area contributed by atoms with Crippen LogP contribution < -0.4 is 10.5 Å². The highest BCUT2D eigenvalue weighted by atomic mass is 19.1. The van der Waals surface area contributed by atoms with Gasteiger partial charge in [-0.3, -0.25) is 4.90 Å². The summed E-state index contributed by atoms with van der Waals surface area (Å²) in [4.78, 5) is 2.56. The lowest BCUT2D eigenvalue weighted by Crippen LogP contribution is -2.37. The molecule has 1 aliphatic carbocycles. The molecule has 0 bridgehead atoms. The van der Waals surface area contributed by atoms with Crippen LogP contribution in [0.25, 0.3) is 0 Å². The Morgan fingerprint density at radius 2 is 1.95 bits per heavy atom. The van der Waals surface area contributed by atoms with Crippen molar-refractivity contribution in [1.29, 1.82) is 0 Å². The summed E-state index contributed by atoms with van der Waals surface area (Å²) < 4.78 is 18.7. The summed E-state index contributed by atoms with van der Waals surface area (Å²) >= 11 is 0. The van der Waals surface area contributed by atoms with E-state index in [-0.39, 0.29) is 5.82 Å². The van der Waals surface area contributed by atoms with Crippen LogP contribution in [0.3, 0.4) is 0 Å². The van der Waals surface area contributed by atoms with E-state index in [0.29, 0.717) is 23.8 Å². The van der Waals surface area contributed by atoms with Crippen LogP contribution in [0.1, 0.15) is 43.6 Å². The summed E-state index contributed by atoms with van der Waals surface area (Å²) in [5, 5.41) is 0. The largest absolute Gasteiger partial charge is 0.496 e. The van der Waals surface area contributed by atoms with Crippen molar-refractivity contribution in [2.45, 2.75) is 50.1 Å². The van der Waals surface area contributed by atoms with Crippen LogP contribution in [-0.2, 0) is 0 Å². The Morgan fingerprint density at radius 3 is 2.57 bits per heavy atom. The molecule has 2 fully saturated rings. The minimum absolute atomic E-state index is 0.227. The molecule has 1 saturated heterocycles. The van der Waals surface area contributed by atoms with Gasteiger partial charge in [-0.25, -0.2) is 4.39 Å². The Bertz CT molecular complexity index is 486. The summed E-state index contributed by atoms with van der Waals surface area (Å²) in [6.07, 6.45) is 5.85. The summed E-state index contributed by atoms with van der Waals surface area (Å²) in [6.45, 7) is 2.20. The number of ether oxygens (including phenoxy) is 1. The normalized spacial score (nSPS) is 30.5. The average molecular weight is 292 g/mol. The third-order valence-corrected chi connectivity index (χ3v) is 5.10. The molecule has 2 N–H and O–H groups in total. The molecule has 1 aromatic rings. The van der Waals surface area contributed by atoms with E-state index in [0.717, 1.165) is 37.9 Å². The second-order valence-electron chi connectivity index (χ2n) is 6.44. The van der Waals surface area contributed by atoms with Crippen molar-refractivity contribution in [3.8, 4) is 5.75 Å². The summed E-state index contributed by atoms with van der Waals surface area (Å²) in [6, 6.07) is 5.98. The van der Waals surface area contributed by atoms with Crippen molar-refractivity contribution in [3.63, 3.8) is 0 Å². The van der Waals surface area contributed by atoms with Gasteiger partial charge in [0, 0.05) is 31.2 Å². The number of benzene rings is 1. The molecule has 1 atom stereocenters. The predicted octanol–water partition coefficient (Wildman–Crippen LogP) is 2.89. The smallest absolute Gasteiger partial charge is 0.126 e. The van der Waals surface area contributed by atoms with Gasteiger partial charge in [0.05, 0.1) is 7.11 Å². The van der Waals surface area contributed by atoms with E-state index in [9.17, 15) is 4.39 Å². The van der Waals surface area contributed by atoms with Gasteiger partial charge in [-0.05, 0) is 49.7 Å². The minimum atomic E-state index is -0.227. The first-order valence-electron chi connectivity index (χ1n) is 8.00. The molecule has 1 aromatic carbocycles. The van der Waals surface area contributed by atoms with Crippen LogP contribution in [0, 0.1) is 5.82 Å². The van der Waals surface area contributed by atoms with E-state index in [1.54, 1.807) is 13.2 Å². The molecule has 0 spiro atoms. The Morgan fingerprint density at radius 1 is 1.19 bits per heavy atom. The molecule has 0 amide bonds. The average Bonchev–Trinajstić information content (AvgIpc) is 2.94. The quantitative estimate of drug-likeness (QED) is 0.931. The number of hydrogen-bond acceptors (Lipinski definition) is 3. The minimum Gasteiger partial charge on any atom is -0.496 e. The van der Waals surface area contributed by atoms with Crippen molar-refractivity contribution in [1.82, 2.24) is 4.90 Å². The molecule has 21 heavy (non-hydrogen) atoms. The molecule has 1 saturated carbocycles. The topological polar surface area (TPSA) is 38.5 Å². The maximum Gasteiger partial charge on any atom is 0.126 e. The second-order valence-corrected chi connectivity index (χ2v) is 6.44. The first kappa shape index (κ1) is 14.8. The number of rotatable bonds is 3. The van der Waals surface area contributed by atoms with E-state index in [2.05, 4.69) is 4.90 Å². The lowest BCUT2D eigenvalue weighted by molar-refractivity contribution is 0.179. The number of nitrogens with two attached hydrogens (primary N) is 1. The van der Waals surface area contributed by atoms with E-state index in [1.807, 2.05) is 6.07 Å². The molecule has 1 aliphatic heterocycles. The maximum atomic E-state index is 13.3. The Labute approximate surface area is 126 Å². The SMILES string of the molecule is COc1cc(F)ccc1C1CCC(N2CC[C@@H](N)C2)CC1. The molecule has 4 heteroatoms. The van der Waals surface area contributed by atoms with Gasteiger partial charge in [0.1, 0.15) is 11.6 Å². The van der Waals surface area contributed by atoms with Crippen LogP contribution in [0.15, 0.2) is 18.2 Å². The number of likely N-dealkylation sites (tertiary alicyclic amines) is 1. The fourth-order valence-electron chi connectivity index (χ4n) is 3.92.